The minimum atomic E-state index is -0.332. The number of carbonyl (C=O) groups is 1. The molecule has 0 saturated carbocycles. The molecule has 8 heteroatoms. The van der Waals surface area contributed by atoms with Crippen molar-refractivity contribution in [2.24, 2.45) is 5.10 Å². The van der Waals surface area contributed by atoms with Gasteiger partial charge in [0.2, 0.25) is 5.91 Å². The van der Waals surface area contributed by atoms with E-state index in [1.165, 1.54) is 19.4 Å². The number of halogens is 2. The number of methoxy groups -OCH3 is 2. The number of amides is 1. The fraction of sp³-hybridized carbons (Fsp3) is 0.167. The van der Waals surface area contributed by atoms with Gasteiger partial charge in [0.1, 0.15) is 18.2 Å². The van der Waals surface area contributed by atoms with E-state index in [9.17, 15) is 9.18 Å². The van der Waals surface area contributed by atoms with Crippen molar-refractivity contribution < 1.29 is 23.4 Å². The number of hydrogen-bond acceptors (Lipinski definition) is 5. The first-order valence-corrected chi connectivity index (χ1v) is 10.1. The van der Waals surface area contributed by atoms with Gasteiger partial charge < -0.3 is 14.2 Å². The summed E-state index contributed by atoms with van der Waals surface area (Å²) in [6.45, 7) is 0.0688. The Bertz CT molecular complexity index is 1120. The molecule has 166 valence electrons. The monoisotopic (exact) mass is 456 g/mol. The second-order valence-corrected chi connectivity index (χ2v) is 7.12. The molecular weight excluding hydrogens is 435 g/mol. The summed E-state index contributed by atoms with van der Waals surface area (Å²) in [5.41, 5.74) is 4.23. The zero-order chi connectivity index (χ0) is 22.9. The van der Waals surface area contributed by atoms with Crippen LogP contribution in [0.1, 0.15) is 16.7 Å². The van der Waals surface area contributed by atoms with Gasteiger partial charge >= 0.3 is 0 Å². The first kappa shape index (κ1) is 23.1. The molecule has 0 aliphatic rings. The van der Waals surface area contributed by atoms with Crippen LogP contribution in [0, 0.1) is 5.82 Å². The molecule has 3 rings (SSSR count). The van der Waals surface area contributed by atoms with Gasteiger partial charge in [-0.3, -0.25) is 4.79 Å². The van der Waals surface area contributed by atoms with E-state index in [0.29, 0.717) is 39.0 Å². The van der Waals surface area contributed by atoms with Crippen LogP contribution in [0.4, 0.5) is 4.39 Å². The first-order valence-electron chi connectivity index (χ1n) is 9.68. The summed E-state index contributed by atoms with van der Waals surface area (Å²) in [5, 5.41) is 4.45. The molecule has 0 unspecified atom stereocenters. The lowest BCUT2D eigenvalue weighted by molar-refractivity contribution is -0.120. The third-order valence-electron chi connectivity index (χ3n) is 4.54. The summed E-state index contributed by atoms with van der Waals surface area (Å²) in [7, 11) is 3.05. The second kappa shape index (κ2) is 11.2. The number of nitrogens with one attached hydrogen (secondary N) is 1. The van der Waals surface area contributed by atoms with Crippen molar-refractivity contribution in [3.8, 4) is 17.2 Å². The quantitative estimate of drug-likeness (QED) is 0.372. The Morgan fingerprint density at radius 1 is 1.03 bits per heavy atom. The van der Waals surface area contributed by atoms with Crippen molar-refractivity contribution in [2.45, 2.75) is 13.0 Å². The maximum absolute atomic E-state index is 13.8. The molecule has 6 nitrogen and oxygen atoms in total. The molecule has 32 heavy (non-hydrogen) atoms. The maximum Gasteiger partial charge on any atom is 0.244 e. The minimum absolute atomic E-state index is 0.0551. The SMILES string of the molecule is COc1ccc(Cl)c(CC(=O)N/N=C/c2ccc(OCc3ccccc3F)c(OC)c2)c1. The van der Waals surface area contributed by atoms with Crippen LogP contribution in [0.25, 0.3) is 0 Å². The number of benzene rings is 3. The highest BCUT2D eigenvalue weighted by Gasteiger charge is 2.09. The lowest BCUT2D eigenvalue weighted by Crippen LogP contribution is -2.20. The smallest absolute Gasteiger partial charge is 0.244 e. The fourth-order valence-corrected chi connectivity index (χ4v) is 3.04. The Hall–Kier alpha value is -3.58. The molecule has 0 aliphatic carbocycles. The van der Waals surface area contributed by atoms with Crippen molar-refractivity contribution in [3.05, 3.63) is 88.2 Å². The van der Waals surface area contributed by atoms with Crippen molar-refractivity contribution in [2.75, 3.05) is 14.2 Å². The van der Waals surface area contributed by atoms with E-state index in [4.69, 9.17) is 25.8 Å². The van der Waals surface area contributed by atoms with Crippen LogP contribution in [-0.2, 0) is 17.8 Å². The summed E-state index contributed by atoms with van der Waals surface area (Å²) in [6, 6.07) is 16.6. The number of hydrogen-bond donors (Lipinski definition) is 1. The van der Waals surface area contributed by atoms with Crippen molar-refractivity contribution >= 4 is 23.7 Å². The van der Waals surface area contributed by atoms with E-state index in [-0.39, 0.29) is 24.8 Å². The van der Waals surface area contributed by atoms with Crippen molar-refractivity contribution in [1.82, 2.24) is 5.43 Å². The Kier molecular flexibility index (Phi) is 8.05. The minimum Gasteiger partial charge on any atom is -0.497 e. The summed E-state index contributed by atoms with van der Waals surface area (Å²) < 4.78 is 30.0. The molecule has 0 aromatic heterocycles. The third-order valence-corrected chi connectivity index (χ3v) is 4.90. The van der Waals surface area contributed by atoms with Crippen LogP contribution in [0.2, 0.25) is 5.02 Å². The molecule has 3 aromatic carbocycles. The molecule has 0 saturated heterocycles. The van der Waals surface area contributed by atoms with Gasteiger partial charge in [0.25, 0.3) is 0 Å². The summed E-state index contributed by atoms with van der Waals surface area (Å²) in [4.78, 5) is 12.2. The van der Waals surface area contributed by atoms with Crippen LogP contribution >= 0.6 is 11.6 Å². The molecule has 0 spiro atoms. The van der Waals surface area contributed by atoms with Crippen LogP contribution in [0.3, 0.4) is 0 Å². The van der Waals surface area contributed by atoms with Gasteiger partial charge in [0, 0.05) is 10.6 Å². The summed E-state index contributed by atoms with van der Waals surface area (Å²) >= 11 is 6.13. The predicted octanol–water partition coefficient (Wildman–Crippen LogP) is 4.77. The average Bonchev–Trinajstić information content (AvgIpc) is 2.80. The topological polar surface area (TPSA) is 69.2 Å². The summed E-state index contributed by atoms with van der Waals surface area (Å²) in [6.07, 6.45) is 1.54. The van der Waals surface area contributed by atoms with Gasteiger partial charge in [-0.05, 0) is 53.6 Å². The van der Waals surface area contributed by atoms with Gasteiger partial charge in [-0.25, -0.2) is 9.82 Å². The lowest BCUT2D eigenvalue weighted by atomic mass is 10.1. The molecule has 0 heterocycles. The normalized spacial score (nSPS) is 10.8. The number of hydrazone groups is 1. The molecule has 1 amide bonds. The lowest BCUT2D eigenvalue weighted by Gasteiger charge is -2.11. The van der Waals surface area contributed by atoms with E-state index in [0.717, 1.165) is 0 Å². The number of ether oxygens (including phenoxy) is 3. The molecular formula is C24H22ClFN2O4. The Morgan fingerprint density at radius 2 is 1.84 bits per heavy atom. The molecule has 1 N–H and O–H groups in total. The molecule has 0 radical (unpaired) electrons. The largest absolute Gasteiger partial charge is 0.497 e. The van der Waals surface area contributed by atoms with Gasteiger partial charge in [0.15, 0.2) is 11.5 Å². The Morgan fingerprint density at radius 3 is 2.59 bits per heavy atom. The number of rotatable bonds is 9. The van der Waals surface area contributed by atoms with Crippen LogP contribution in [0.15, 0.2) is 65.8 Å². The van der Waals surface area contributed by atoms with Crippen LogP contribution in [0.5, 0.6) is 17.2 Å². The fourth-order valence-electron chi connectivity index (χ4n) is 2.86. The standard InChI is InChI=1S/C24H22ClFN2O4/c1-30-19-8-9-20(25)18(12-19)13-24(29)28-27-14-16-7-10-22(23(11-16)31-2)32-15-17-5-3-4-6-21(17)26/h3-12,14H,13,15H2,1-2H3,(H,28,29)/b27-14+. The first-order chi connectivity index (χ1) is 15.5. The second-order valence-electron chi connectivity index (χ2n) is 6.72. The zero-order valence-corrected chi connectivity index (χ0v) is 18.4. The van der Waals surface area contributed by atoms with E-state index >= 15 is 0 Å². The highest BCUT2D eigenvalue weighted by Crippen LogP contribution is 2.28. The van der Waals surface area contributed by atoms with Crippen LogP contribution in [-0.4, -0.2) is 26.3 Å². The van der Waals surface area contributed by atoms with Gasteiger partial charge in [-0.15, -0.1) is 0 Å². The van der Waals surface area contributed by atoms with Crippen molar-refractivity contribution in [3.63, 3.8) is 0 Å². The van der Waals surface area contributed by atoms with E-state index in [1.54, 1.807) is 61.7 Å². The van der Waals surface area contributed by atoms with Gasteiger partial charge in [0.05, 0.1) is 26.9 Å². The molecule has 0 aliphatic heterocycles. The number of nitrogens with zero attached hydrogens (tertiary/aromatic N) is 1. The molecule has 3 aromatic rings. The van der Waals surface area contributed by atoms with Gasteiger partial charge in [-0.1, -0.05) is 29.8 Å². The van der Waals surface area contributed by atoms with E-state index in [2.05, 4.69) is 10.5 Å². The zero-order valence-electron chi connectivity index (χ0n) is 17.6. The van der Waals surface area contributed by atoms with Crippen molar-refractivity contribution in [1.29, 1.82) is 0 Å². The third kappa shape index (κ3) is 6.21. The molecule has 0 atom stereocenters. The highest BCUT2D eigenvalue weighted by molar-refractivity contribution is 6.31. The maximum atomic E-state index is 13.8. The van der Waals surface area contributed by atoms with E-state index in [1.807, 2.05) is 0 Å². The highest BCUT2D eigenvalue weighted by atomic mass is 35.5. The molecule has 0 fully saturated rings. The Balaban J connectivity index is 1.60. The predicted molar refractivity (Wildman–Crippen MR) is 121 cm³/mol. The Labute approximate surface area is 190 Å². The van der Waals surface area contributed by atoms with E-state index < -0.39 is 0 Å². The average molecular weight is 457 g/mol. The molecule has 0 bridgehead atoms. The van der Waals surface area contributed by atoms with Crippen LogP contribution < -0.4 is 19.6 Å². The van der Waals surface area contributed by atoms with Gasteiger partial charge in [-0.2, -0.15) is 5.10 Å². The summed E-state index contributed by atoms with van der Waals surface area (Å²) in [5.74, 6) is 0.879. The number of carbonyl (C=O) groups excluding carboxylic acids is 1.